The van der Waals surface area contributed by atoms with Gasteiger partial charge in [-0.1, -0.05) is 12.1 Å². The van der Waals surface area contributed by atoms with Crippen molar-refractivity contribution in [3.63, 3.8) is 0 Å². The molecule has 8 nitrogen and oxygen atoms in total. The van der Waals surface area contributed by atoms with Gasteiger partial charge in [-0.25, -0.2) is 8.42 Å². The number of carbonyl (C=O) groups excluding carboxylic acids is 2. The Morgan fingerprint density at radius 1 is 1.14 bits per heavy atom. The summed E-state index contributed by atoms with van der Waals surface area (Å²) < 4.78 is 29.3. The summed E-state index contributed by atoms with van der Waals surface area (Å²) in [6.07, 6.45) is 1.34. The fourth-order valence-electron chi connectivity index (χ4n) is 4.54. The molecule has 9 heteroatoms. The zero-order valence-corrected chi connectivity index (χ0v) is 17.4. The number of benzene rings is 1. The van der Waals surface area contributed by atoms with Gasteiger partial charge in [0.05, 0.1) is 23.7 Å². The molecule has 1 aromatic rings. The summed E-state index contributed by atoms with van der Waals surface area (Å²) in [4.78, 5) is 29.4. The molecule has 0 radical (unpaired) electrons. The van der Waals surface area contributed by atoms with Crippen LogP contribution in [0.5, 0.6) is 5.75 Å². The Morgan fingerprint density at radius 3 is 2.52 bits per heavy atom. The molecule has 29 heavy (non-hydrogen) atoms. The van der Waals surface area contributed by atoms with Crippen LogP contribution in [0.25, 0.3) is 0 Å². The molecule has 3 heterocycles. The number of carbonyl (C=O) groups is 2. The number of sulfone groups is 1. The van der Waals surface area contributed by atoms with Gasteiger partial charge >= 0.3 is 0 Å². The van der Waals surface area contributed by atoms with Crippen LogP contribution in [-0.4, -0.2) is 75.5 Å². The molecule has 4 rings (SSSR count). The molecule has 2 amide bonds. The summed E-state index contributed by atoms with van der Waals surface area (Å²) in [5.41, 5.74) is 0.696. The van der Waals surface area contributed by atoms with Gasteiger partial charge < -0.3 is 15.0 Å². The molecule has 2 unspecified atom stereocenters. The van der Waals surface area contributed by atoms with E-state index in [0.29, 0.717) is 30.7 Å². The summed E-state index contributed by atoms with van der Waals surface area (Å²) in [6, 6.07) is 7.37. The second kappa shape index (κ2) is 7.95. The average Bonchev–Trinajstić information content (AvgIpc) is 3.11. The minimum atomic E-state index is -2.91. The summed E-state index contributed by atoms with van der Waals surface area (Å²) in [7, 11) is -1.36. The number of likely N-dealkylation sites (tertiary alicyclic amines) is 1. The molecule has 2 atom stereocenters. The molecule has 3 aliphatic heterocycles. The first kappa shape index (κ1) is 20.2. The van der Waals surface area contributed by atoms with Crippen molar-refractivity contribution in [2.24, 2.45) is 5.92 Å². The van der Waals surface area contributed by atoms with Crippen molar-refractivity contribution in [3.8, 4) is 5.75 Å². The quantitative estimate of drug-likeness (QED) is 0.760. The van der Waals surface area contributed by atoms with Gasteiger partial charge in [-0.05, 0) is 44.5 Å². The van der Waals surface area contributed by atoms with Crippen molar-refractivity contribution in [1.29, 1.82) is 0 Å². The number of para-hydroxylation sites is 2. The lowest BCUT2D eigenvalue weighted by Crippen LogP contribution is -2.53. The summed E-state index contributed by atoms with van der Waals surface area (Å²) in [6.45, 7) is 1.64. The van der Waals surface area contributed by atoms with E-state index in [1.165, 1.54) is 0 Å². The maximum atomic E-state index is 13.3. The number of anilines is 1. The van der Waals surface area contributed by atoms with Crippen LogP contribution in [0, 0.1) is 5.92 Å². The lowest BCUT2D eigenvalue weighted by Gasteiger charge is -2.39. The number of ether oxygens (including phenoxy) is 1. The molecular formula is C20H27N3O5S. The second-order valence-corrected chi connectivity index (χ2v) is 10.2. The predicted molar refractivity (Wildman–Crippen MR) is 109 cm³/mol. The normalized spacial score (nSPS) is 27.1. The maximum absolute atomic E-state index is 13.3. The van der Waals surface area contributed by atoms with Crippen LogP contribution in [0.4, 0.5) is 5.69 Å². The third-order valence-electron chi connectivity index (χ3n) is 6.18. The minimum absolute atomic E-state index is 0.00773. The molecule has 0 spiro atoms. The number of hydrogen-bond donors (Lipinski definition) is 1. The number of rotatable bonds is 3. The van der Waals surface area contributed by atoms with Gasteiger partial charge in [0.15, 0.2) is 15.9 Å². The van der Waals surface area contributed by atoms with E-state index in [4.69, 9.17) is 4.74 Å². The largest absolute Gasteiger partial charge is 0.477 e. The Morgan fingerprint density at radius 2 is 1.86 bits per heavy atom. The third kappa shape index (κ3) is 4.11. The Balaban J connectivity index is 1.45. The van der Waals surface area contributed by atoms with Crippen LogP contribution >= 0.6 is 0 Å². The number of fused-ring (bicyclic) bond motifs is 1. The zero-order chi connectivity index (χ0) is 20.6. The molecule has 0 saturated carbocycles. The van der Waals surface area contributed by atoms with E-state index in [1.54, 1.807) is 18.0 Å². The van der Waals surface area contributed by atoms with Crippen molar-refractivity contribution in [2.75, 3.05) is 43.1 Å². The highest BCUT2D eigenvalue weighted by atomic mass is 32.2. The number of nitrogens with one attached hydrogen (secondary N) is 1. The van der Waals surface area contributed by atoms with Gasteiger partial charge in [-0.3, -0.25) is 14.5 Å². The first-order chi connectivity index (χ1) is 13.9. The number of nitrogens with zero attached hydrogens (tertiary/aromatic N) is 2. The Bertz CT molecular complexity index is 895. The monoisotopic (exact) mass is 421 g/mol. The first-order valence-electron chi connectivity index (χ1n) is 10.1. The van der Waals surface area contributed by atoms with Crippen molar-refractivity contribution in [3.05, 3.63) is 24.3 Å². The predicted octanol–water partition coefficient (Wildman–Crippen LogP) is 0.426. The van der Waals surface area contributed by atoms with E-state index in [-0.39, 0.29) is 41.8 Å². The van der Waals surface area contributed by atoms with Crippen molar-refractivity contribution < 1.29 is 22.7 Å². The Hall–Kier alpha value is -2.13. The molecule has 0 aromatic heterocycles. The van der Waals surface area contributed by atoms with Crippen molar-refractivity contribution in [1.82, 2.24) is 10.2 Å². The van der Waals surface area contributed by atoms with Crippen LogP contribution in [0.15, 0.2) is 24.3 Å². The topological polar surface area (TPSA) is 96.0 Å². The molecule has 3 aliphatic rings. The number of likely N-dealkylation sites (N-methyl/N-ethyl adjacent to an activating group) is 1. The minimum Gasteiger partial charge on any atom is -0.477 e. The Kier molecular flexibility index (Phi) is 5.52. The van der Waals surface area contributed by atoms with Crippen molar-refractivity contribution in [2.45, 2.75) is 31.4 Å². The Labute approximate surface area is 171 Å². The third-order valence-corrected chi connectivity index (χ3v) is 7.93. The van der Waals surface area contributed by atoms with E-state index in [2.05, 4.69) is 10.2 Å². The maximum Gasteiger partial charge on any atom is 0.262 e. The molecular weight excluding hydrogens is 394 g/mol. The van der Waals surface area contributed by atoms with E-state index in [1.807, 2.05) is 18.2 Å². The molecule has 2 saturated heterocycles. The average molecular weight is 422 g/mol. The summed E-state index contributed by atoms with van der Waals surface area (Å²) in [5.74, 6) is 0.649. The molecule has 0 bridgehead atoms. The number of hydrogen-bond acceptors (Lipinski definition) is 6. The van der Waals surface area contributed by atoms with E-state index in [0.717, 1.165) is 13.1 Å². The fourth-order valence-corrected chi connectivity index (χ4v) is 6.30. The van der Waals surface area contributed by atoms with E-state index in [9.17, 15) is 18.0 Å². The SMILES string of the molecule is CNC(=O)C1CN(C(=O)C2CCN(C3CCS(=O)(=O)C3)CC2)c2ccccc2O1. The van der Waals surface area contributed by atoms with Crippen LogP contribution < -0.4 is 15.0 Å². The van der Waals surface area contributed by atoms with E-state index < -0.39 is 15.9 Å². The second-order valence-electron chi connectivity index (χ2n) is 8.00. The van der Waals surface area contributed by atoms with Crippen LogP contribution in [0.2, 0.25) is 0 Å². The molecule has 1 N–H and O–H groups in total. The summed E-state index contributed by atoms with van der Waals surface area (Å²) in [5, 5.41) is 2.59. The van der Waals surface area contributed by atoms with Gasteiger partial charge in [-0.2, -0.15) is 0 Å². The smallest absolute Gasteiger partial charge is 0.262 e. The fraction of sp³-hybridized carbons (Fsp3) is 0.600. The molecule has 0 aliphatic carbocycles. The standard InChI is InChI=1S/C20H27N3O5S/c1-21-19(24)18-12-23(16-4-2-3-5-17(16)28-18)20(25)14-6-9-22(10-7-14)15-8-11-29(26,27)13-15/h2-5,14-15,18H,6-13H2,1H3,(H,21,24). The molecule has 2 fully saturated rings. The number of amides is 2. The lowest BCUT2D eigenvalue weighted by atomic mass is 9.93. The molecule has 1 aromatic carbocycles. The summed E-state index contributed by atoms with van der Waals surface area (Å²) >= 11 is 0. The van der Waals surface area contributed by atoms with Gasteiger partial charge in [0.2, 0.25) is 5.91 Å². The van der Waals surface area contributed by atoms with Gasteiger partial charge in [0, 0.05) is 19.0 Å². The lowest BCUT2D eigenvalue weighted by molar-refractivity contribution is -0.128. The van der Waals surface area contributed by atoms with Crippen LogP contribution in [0.3, 0.4) is 0 Å². The van der Waals surface area contributed by atoms with E-state index >= 15 is 0 Å². The van der Waals surface area contributed by atoms with Gasteiger partial charge in [0.25, 0.3) is 5.91 Å². The zero-order valence-electron chi connectivity index (χ0n) is 16.5. The van der Waals surface area contributed by atoms with Crippen LogP contribution in [0.1, 0.15) is 19.3 Å². The van der Waals surface area contributed by atoms with Gasteiger partial charge in [-0.15, -0.1) is 0 Å². The first-order valence-corrected chi connectivity index (χ1v) is 11.9. The highest BCUT2D eigenvalue weighted by Crippen LogP contribution is 2.35. The highest BCUT2D eigenvalue weighted by Gasteiger charge is 2.39. The van der Waals surface area contributed by atoms with Crippen LogP contribution in [-0.2, 0) is 19.4 Å². The molecule has 158 valence electrons. The van der Waals surface area contributed by atoms with Gasteiger partial charge in [0.1, 0.15) is 5.75 Å². The number of piperidine rings is 1. The highest BCUT2D eigenvalue weighted by molar-refractivity contribution is 7.91. The van der Waals surface area contributed by atoms with Crippen molar-refractivity contribution >= 4 is 27.3 Å².